The normalized spacial score (nSPS) is 28.5. The zero-order valence-electron chi connectivity index (χ0n) is 20.7. The van der Waals surface area contributed by atoms with Crippen molar-refractivity contribution in [2.75, 3.05) is 65.7 Å². The first-order valence-electron chi connectivity index (χ1n) is 12.9. The Hall–Kier alpha value is -1.64. The van der Waals surface area contributed by atoms with E-state index in [1.807, 2.05) is 29.2 Å². The fourth-order valence-electron chi connectivity index (χ4n) is 6.81. The fourth-order valence-corrected chi connectivity index (χ4v) is 9.22. The van der Waals surface area contributed by atoms with E-state index in [2.05, 4.69) is 16.8 Å². The van der Waals surface area contributed by atoms with Crippen molar-refractivity contribution >= 4 is 15.7 Å². The standard InChI is InChI=1S/C26H39N3O4S/c1-27-13-15-28(16-14-27)18-22-10-17-34(31,32)26(22)19-29(20-26)24(30)25(11-4-3-5-12-25)21-6-8-23(33-2)9-7-21/h6-9,22H,3-5,10-20H2,1-2H3. The first-order valence-corrected chi connectivity index (χ1v) is 14.5. The highest BCUT2D eigenvalue weighted by molar-refractivity contribution is 7.93. The van der Waals surface area contributed by atoms with Gasteiger partial charge in [0.25, 0.3) is 0 Å². The lowest BCUT2D eigenvalue weighted by Gasteiger charge is -2.54. The van der Waals surface area contributed by atoms with E-state index >= 15 is 0 Å². The van der Waals surface area contributed by atoms with Gasteiger partial charge in [-0.05, 0) is 49.9 Å². The summed E-state index contributed by atoms with van der Waals surface area (Å²) in [6.07, 6.45) is 5.59. The van der Waals surface area contributed by atoms with Gasteiger partial charge in [-0.1, -0.05) is 31.4 Å². The van der Waals surface area contributed by atoms with Crippen molar-refractivity contribution in [3.05, 3.63) is 29.8 Å². The number of ether oxygens (including phenoxy) is 1. The average molecular weight is 490 g/mol. The zero-order valence-corrected chi connectivity index (χ0v) is 21.5. The Morgan fingerprint density at radius 2 is 1.68 bits per heavy atom. The predicted octanol–water partition coefficient (Wildman–Crippen LogP) is 2.16. The molecule has 4 aliphatic rings. The Labute approximate surface area is 204 Å². The number of nitrogens with zero attached hydrogens (tertiary/aromatic N) is 3. The lowest BCUT2D eigenvalue weighted by Crippen LogP contribution is -2.71. The molecule has 8 heteroatoms. The second kappa shape index (κ2) is 9.10. The van der Waals surface area contributed by atoms with E-state index in [1.165, 1.54) is 0 Å². The molecule has 0 bridgehead atoms. The fraction of sp³-hybridized carbons (Fsp3) is 0.731. The van der Waals surface area contributed by atoms with Gasteiger partial charge in [0.05, 0.1) is 18.3 Å². The van der Waals surface area contributed by atoms with Gasteiger partial charge in [0.1, 0.15) is 10.5 Å². The highest BCUT2D eigenvalue weighted by atomic mass is 32.2. The molecule has 1 spiro atoms. The Balaban J connectivity index is 1.35. The molecular weight excluding hydrogens is 450 g/mol. The molecule has 4 fully saturated rings. The van der Waals surface area contributed by atoms with Crippen LogP contribution in [0.1, 0.15) is 44.1 Å². The molecule has 0 aromatic heterocycles. The Bertz CT molecular complexity index is 989. The van der Waals surface area contributed by atoms with Crippen molar-refractivity contribution in [1.82, 2.24) is 14.7 Å². The molecule has 1 aromatic rings. The van der Waals surface area contributed by atoms with Crippen molar-refractivity contribution in [3.8, 4) is 5.75 Å². The van der Waals surface area contributed by atoms with Crippen LogP contribution >= 0.6 is 0 Å². The molecule has 0 N–H and O–H groups in total. The number of hydrogen-bond acceptors (Lipinski definition) is 6. The number of piperazine rings is 1. The molecule has 3 saturated heterocycles. The number of rotatable bonds is 5. The van der Waals surface area contributed by atoms with Crippen molar-refractivity contribution in [2.24, 2.45) is 5.92 Å². The van der Waals surface area contributed by atoms with Crippen LogP contribution in [-0.2, 0) is 20.0 Å². The smallest absolute Gasteiger partial charge is 0.233 e. The van der Waals surface area contributed by atoms with Gasteiger partial charge in [-0.3, -0.25) is 4.79 Å². The highest BCUT2D eigenvalue weighted by Crippen LogP contribution is 2.49. The lowest BCUT2D eigenvalue weighted by molar-refractivity contribution is -0.145. The number of carbonyl (C=O) groups excluding carboxylic acids is 1. The topological polar surface area (TPSA) is 70.2 Å². The van der Waals surface area contributed by atoms with Gasteiger partial charge in [0.2, 0.25) is 5.91 Å². The molecule has 1 aromatic carbocycles. The molecule has 188 valence electrons. The summed E-state index contributed by atoms with van der Waals surface area (Å²) in [5.74, 6) is 1.29. The number of hydrogen-bond donors (Lipinski definition) is 0. The highest BCUT2D eigenvalue weighted by Gasteiger charge is 2.64. The van der Waals surface area contributed by atoms with Crippen LogP contribution < -0.4 is 4.74 Å². The summed E-state index contributed by atoms with van der Waals surface area (Å²) >= 11 is 0. The van der Waals surface area contributed by atoms with Gasteiger partial charge < -0.3 is 19.4 Å². The third kappa shape index (κ3) is 3.95. The van der Waals surface area contributed by atoms with E-state index < -0.39 is 20.0 Å². The molecule has 5 rings (SSSR count). The summed E-state index contributed by atoms with van der Waals surface area (Å²) in [6, 6.07) is 7.92. The second-order valence-electron chi connectivity index (χ2n) is 11.0. The van der Waals surface area contributed by atoms with Crippen LogP contribution in [-0.4, -0.2) is 99.5 Å². The molecule has 1 amide bonds. The van der Waals surface area contributed by atoms with E-state index in [0.29, 0.717) is 13.1 Å². The average Bonchev–Trinajstić information content (AvgIpc) is 3.09. The summed E-state index contributed by atoms with van der Waals surface area (Å²) in [6.45, 7) is 5.61. The number of amides is 1. The first kappa shape index (κ1) is 24.1. The van der Waals surface area contributed by atoms with Crippen molar-refractivity contribution in [1.29, 1.82) is 0 Å². The van der Waals surface area contributed by atoms with Gasteiger partial charge >= 0.3 is 0 Å². The number of likely N-dealkylation sites (N-methyl/N-ethyl adjacent to an activating group) is 1. The van der Waals surface area contributed by atoms with Crippen molar-refractivity contribution in [2.45, 2.75) is 48.7 Å². The Morgan fingerprint density at radius 3 is 2.29 bits per heavy atom. The predicted molar refractivity (Wildman–Crippen MR) is 133 cm³/mol. The summed E-state index contributed by atoms with van der Waals surface area (Å²) in [5.41, 5.74) is 0.503. The second-order valence-corrected chi connectivity index (χ2v) is 13.5. The van der Waals surface area contributed by atoms with E-state index in [-0.39, 0.29) is 17.6 Å². The monoisotopic (exact) mass is 489 g/mol. The van der Waals surface area contributed by atoms with Crippen LogP contribution in [0, 0.1) is 5.92 Å². The van der Waals surface area contributed by atoms with Gasteiger partial charge in [0.15, 0.2) is 9.84 Å². The van der Waals surface area contributed by atoms with Crippen LogP contribution in [0.4, 0.5) is 0 Å². The Kier molecular flexibility index (Phi) is 6.44. The third-order valence-electron chi connectivity index (χ3n) is 9.14. The van der Waals surface area contributed by atoms with Gasteiger partial charge in [-0.25, -0.2) is 8.42 Å². The summed E-state index contributed by atoms with van der Waals surface area (Å²) in [7, 11) is 0.588. The van der Waals surface area contributed by atoms with Crippen molar-refractivity contribution in [3.63, 3.8) is 0 Å². The van der Waals surface area contributed by atoms with Crippen molar-refractivity contribution < 1.29 is 17.9 Å². The van der Waals surface area contributed by atoms with E-state index in [4.69, 9.17) is 4.74 Å². The number of likely N-dealkylation sites (tertiary alicyclic amines) is 1. The summed E-state index contributed by atoms with van der Waals surface area (Å²) in [4.78, 5) is 20.6. The van der Waals surface area contributed by atoms with Gasteiger partial charge in [0, 0.05) is 45.8 Å². The number of methoxy groups -OCH3 is 1. The van der Waals surface area contributed by atoms with Gasteiger partial charge in [-0.15, -0.1) is 0 Å². The molecule has 3 aliphatic heterocycles. The lowest BCUT2D eigenvalue weighted by atomic mass is 9.67. The number of carbonyl (C=O) groups is 1. The summed E-state index contributed by atoms with van der Waals surface area (Å²) < 4.78 is 31.1. The van der Waals surface area contributed by atoms with Crippen LogP contribution in [0.25, 0.3) is 0 Å². The van der Waals surface area contributed by atoms with E-state index in [1.54, 1.807) is 7.11 Å². The molecule has 1 aliphatic carbocycles. The van der Waals surface area contributed by atoms with Gasteiger partial charge in [-0.2, -0.15) is 0 Å². The first-order chi connectivity index (χ1) is 16.3. The van der Waals surface area contributed by atoms with Crippen LogP contribution in [0.2, 0.25) is 0 Å². The molecule has 1 saturated carbocycles. The largest absolute Gasteiger partial charge is 0.497 e. The number of sulfone groups is 1. The maximum absolute atomic E-state index is 14.0. The third-order valence-corrected chi connectivity index (χ3v) is 11.7. The Morgan fingerprint density at radius 1 is 1.03 bits per heavy atom. The molecule has 3 heterocycles. The molecule has 7 nitrogen and oxygen atoms in total. The quantitative estimate of drug-likeness (QED) is 0.631. The molecule has 34 heavy (non-hydrogen) atoms. The van der Waals surface area contributed by atoms with Crippen LogP contribution in [0.3, 0.4) is 0 Å². The van der Waals surface area contributed by atoms with E-state index in [9.17, 15) is 13.2 Å². The molecule has 1 unspecified atom stereocenters. The maximum atomic E-state index is 14.0. The van der Waals surface area contributed by atoms with Crippen LogP contribution in [0.5, 0.6) is 5.75 Å². The SMILES string of the molecule is COc1ccc(C2(C(=O)N3CC4(C3)C(CN3CCN(C)CC3)CCS4(=O)=O)CCCCC2)cc1. The number of benzene rings is 1. The minimum atomic E-state index is -3.20. The molecule has 1 atom stereocenters. The zero-order chi connectivity index (χ0) is 24.0. The summed E-state index contributed by atoms with van der Waals surface area (Å²) in [5, 5.41) is 0. The molecular formula is C26H39N3O4S. The molecule has 0 radical (unpaired) electrons. The minimum Gasteiger partial charge on any atom is -0.497 e. The van der Waals surface area contributed by atoms with Crippen LogP contribution in [0.15, 0.2) is 24.3 Å². The minimum absolute atomic E-state index is 0.119. The van der Waals surface area contributed by atoms with E-state index in [0.717, 1.165) is 82.6 Å². The maximum Gasteiger partial charge on any atom is 0.233 e.